The quantitative estimate of drug-likeness (QED) is 0.630. The number of furan rings is 1. The van der Waals surface area contributed by atoms with Crippen LogP contribution in [0.3, 0.4) is 0 Å². The van der Waals surface area contributed by atoms with E-state index in [0.717, 1.165) is 5.76 Å². The molecule has 60 valence electrons. The Morgan fingerprint density at radius 2 is 2.27 bits per heavy atom. The van der Waals surface area contributed by atoms with Crippen LogP contribution in [-0.4, -0.2) is 0 Å². The third kappa shape index (κ3) is 2.26. The Labute approximate surface area is 67.7 Å². The Balaban J connectivity index is 2.77. The van der Waals surface area contributed by atoms with E-state index >= 15 is 0 Å². The predicted molar refractivity (Wildman–Crippen MR) is 47.2 cm³/mol. The molecule has 0 N–H and O–H groups in total. The molecule has 0 fully saturated rings. The normalized spacial score (nSPS) is 12.5. The molecule has 1 heterocycles. The van der Waals surface area contributed by atoms with Gasteiger partial charge in [0.05, 0.1) is 6.26 Å². The molecule has 0 saturated carbocycles. The SMILES string of the molecule is C/C(=C\C(C)C)c1ccco1. The van der Waals surface area contributed by atoms with Crippen LogP contribution in [-0.2, 0) is 0 Å². The topological polar surface area (TPSA) is 13.1 Å². The van der Waals surface area contributed by atoms with Crippen molar-refractivity contribution >= 4 is 5.57 Å². The molecular formula is C10H14O. The van der Waals surface area contributed by atoms with Crippen molar-refractivity contribution in [1.82, 2.24) is 0 Å². The summed E-state index contributed by atoms with van der Waals surface area (Å²) in [5.74, 6) is 1.55. The van der Waals surface area contributed by atoms with Gasteiger partial charge in [0.2, 0.25) is 0 Å². The van der Waals surface area contributed by atoms with Crippen molar-refractivity contribution in [2.75, 3.05) is 0 Å². The monoisotopic (exact) mass is 150 g/mol. The van der Waals surface area contributed by atoms with E-state index in [-0.39, 0.29) is 0 Å². The van der Waals surface area contributed by atoms with Gasteiger partial charge in [-0.2, -0.15) is 0 Å². The summed E-state index contributed by atoms with van der Waals surface area (Å²) in [6, 6.07) is 3.89. The Hall–Kier alpha value is -0.980. The zero-order chi connectivity index (χ0) is 8.27. The molecule has 1 heteroatoms. The van der Waals surface area contributed by atoms with E-state index in [1.807, 2.05) is 12.1 Å². The van der Waals surface area contributed by atoms with Crippen LogP contribution in [0.15, 0.2) is 28.9 Å². The fourth-order valence-corrected chi connectivity index (χ4v) is 1.09. The number of hydrogen-bond donors (Lipinski definition) is 0. The van der Waals surface area contributed by atoms with E-state index in [9.17, 15) is 0 Å². The number of rotatable bonds is 2. The lowest BCUT2D eigenvalue weighted by molar-refractivity contribution is 0.552. The van der Waals surface area contributed by atoms with Crippen LogP contribution in [0.4, 0.5) is 0 Å². The lowest BCUT2D eigenvalue weighted by atomic mass is 10.1. The van der Waals surface area contributed by atoms with Gasteiger partial charge in [-0.25, -0.2) is 0 Å². The zero-order valence-electron chi connectivity index (χ0n) is 7.29. The molecule has 0 aliphatic heterocycles. The number of allylic oxidation sites excluding steroid dienone is 2. The van der Waals surface area contributed by atoms with Crippen LogP contribution in [0.1, 0.15) is 26.5 Å². The number of hydrogen-bond acceptors (Lipinski definition) is 1. The highest BCUT2D eigenvalue weighted by molar-refractivity contribution is 5.58. The van der Waals surface area contributed by atoms with Gasteiger partial charge in [0.25, 0.3) is 0 Å². The second-order valence-electron chi connectivity index (χ2n) is 3.07. The summed E-state index contributed by atoms with van der Waals surface area (Å²) >= 11 is 0. The molecule has 0 aliphatic carbocycles. The summed E-state index contributed by atoms with van der Waals surface area (Å²) < 4.78 is 5.23. The first-order valence-electron chi connectivity index (χ1n) is 3.92. The third-order valence-corrected chi connectivity index (χ3v) is 1.49. The van der Waals surface area contributed by atoms with Crippen molar-refractivity contribution < 1.29 is 4.42 Å². The smallest absolute Gasteiger partial charge is 0.129 e. The molecule has 0 unspecified atom stereocenters. The van der Waals surface area contributed by atoms with Gasteiger partial charge in [-0.1, -0.05) is 19.9 Å². The van der Waals surface area contributed by atoms with Crippen molar-refractivity contribution in [1.29, 1.82) is 0 Å². The minimum atomic E-state index is 0.583. The summed E-state index contributed by atoms with van der Waals surface area (Å²) in [5.41, 5.74) is 1.21. The van der Waals surface area contributed by atoms with Crippen LogP contribution in [0.2, 0.25) is 0 Å². The van der Waals surface area contributed by atoms with Crippen LogP contribution in [0.5, 0.6) is 0 Å². The fraction of sp³-hybridized carbons (Fsp3) is 0.400. The minimum Gasteiger partial charge on any atom is -0.465 e. The van der Waals surface area contributed by atoms with Gasteiger partial charge in [-0.3, -0.25) is 0 Å². The maximum Gasteiger partial charge on any atom is 0.129 e. The fourth-order valence-electron chi connectivity index (χ4n) is 1.09. The maximum absolute atomic E-state index is 5.23. The van der Waals surface area contributed by atoms with Gasteiger partial charge in [0.1, 0.15) is 5.76 Å². The van der Waals surface area contributed by atoms with Gasteiger partial charge in [-0.15, -0.1) is 0 Å². The largest absolute Gasteiger partial charge is 0.465 e. The highest BCUT2D eigenvalue weighted by Gasteiger charge is 1.97. The Bertz CT molecular complexity index is 229. The van der Waals surface area contributed by atoms with E-state index < -0.39 is 0 Å². The molecular weight excluding hydrogens is 136 g/mol. The van der Waals surface area contributed by atoms with Gasteiger partial charge < -0.3 is 4.42 Å². The average Bonchev–Trinajstić information content (AvgIpc) is 2.35. The minimum absolute atomic E-state index is 0.583. The Morgan fingerprint density at radius 3 is 2.73 bits per heavy atom. The molecule has 0 amide bonds. The van der Waals surface area contributed by atoms with Gasteiger partial charge in [0, 0.05) is 0 Å². The summed E-state index contributed by atoms with van der Waals surface area (Å²) in [6.07, 6.45) is 3.89. The van der Waals surface area contributed by atoms with Crippen molar-refractivity contribution in [3.8, 4) is 0 Å². The van der Waals surface area contributed by atoms with E-state index in [4.69, 9.17) is 4.42 Å². The van der Waals surface area contributed by atoms with Crippen molar-refractivity contribution in [3.63, 3.8) is 0 Å². The highest BCUT2D eigenvalue weighted by Crippen LogP contribution is 2.15. The first-order valence-corrected chi connectivity index (χ1v) is 3.92. The molecule has 1 aromatic rings. The average molecular weight is 150 g/mol. The lowest BCUT2D eigenvalue weighted by Gasteiger charge is -1.98. The van der Waals surface area contributed by atoms with Crippen LogP contribution < -0.4 is 0 Å². The highest BCUT2D eigenvalue weighted by atomic mass is 16.3. The third-order valence-electron chi connectivity index (χ3n) is 1.49. The lowest BCUT2D eigenvalue weighted by Crippen LogP contribution is -1.81. The van der Waals surface area contributed by atoms with Crippen LogP contribution in [0, 0.1) is 5.92 Å². The summed E-state index contributed by atoms with van der Waals surface area (Å²) in [6.45, 7) is 6.39. The van der Waals surface area contributed by atoms with Crippen molar-refractivity contribution in [2.24, 2.45) is 5.92 Å². The molecule has 0 aromatic carbocycles. The molecule has 0 radical (unpaired) electrons. The first-order chi connectivity index (χ1) is 5.20. The van der Waals surface area contributed by atoms with E-state index in [1.54, 1.807) is 6.26 Å². The van der Waals surface area contributed by atoms with Gasteiger partial charge >= 0.3 is 0 Å². The molecule has 1 rings (SSSR count). The Morgan fingerprint density at radius 1 is 1.55 bits per heavy atom. The molecule has 0 aliphatic rings. The summed E-state index contributed by atoms with van der Waals surface area (Å²) in [5, 5.41) is 0. The molecule has 1 aromatic heterocycles. The van der Waals surface area contributed by atoms with E-state index in [1.165, 1.54) is 5.57 Å². The molecule has 0 atom stereocenters. The molecule has 11 heavy (non-hydrogen) atoms. The van der Waals surface area contributed by atoms with Crippen molar-refractivity contribution in [2.45, 2.75) is 20.8 Å². The zero-order valence-corrected chi connectivity index (χ0v) is 7.29. The predicted octanol–water partition coefficient (Wildman–Crippen LogP) is 3.34. The Kier molecular flexibility index (Phi) is 2.53. The van der Waals surface area contributed by atoms with E-state index in [0.29, 0.717) is 5.92 Å². The summed E-state index contributed by atoms with van der Waals surface area (Å²) in [7, 11) is 0. The van der Waals surface area contributed by atoms with Gasteiger partial charge in [0.15, 0.2) is 0 Å². The standard InChI is InChI=1S/C10H14O/c1-8(2)7-9(3)10-5-4-6-11-10/h4-8H,1-3H3/b9-7+. The van der Waals surface area contributed by atoms with Gasteiger partial charge in [-0.05, 0) is 30.5 Å². The molecule has 0 spiro atoms. The second kappa shape index (κ2) is 3.42. The first kappa shape index (κ1) is 8.12. The maximum atomic E-state index is 5.23. The van der Waals surface area contributed by atoms with E-state index in [2.05, 4.69) is 26.8 Å². The second-order valence-corrected chi connectivity index (χ2v) is 3.07. The van der Waals surface area contributed by atoms with Crippen molar-refractivity contribution in [3.05, 3.63) is 30.2 Å². The molecule has 0 saturated heterocycles. The molecule has 1 nitrogen and oxygen atoms in total. The van der Waals surface area contributed by atoms with Crippen LogP contribution in [0.25, 0.3) is 5.57 Å². The summed E-state index contributed by atoms with van der Waals surface area (Å²) in [4.78, 5) is 0. The van der Waals surface area contributed by atoms with Crippen LogP contribution >= 0.6 is 0 Å². The molecule has 0 bridgehead atoms.